The number of piperazine rings is 1. The lowest BCUT2D eigenvalue weighted by atomic mass is 10.0. The van der Waals surface area contributed by atoms with Crippen LogP contribution in [0.25, 0.3) is 11.0 Å². The molecule has 2 aromatic carbocycles. The summed E-state index contributed by atoms with van der Waals surface area (Å²) in [7, 11) is -4.37. The lowest BCUT2D eigenvalue weighted by molar-refractivity contribution is -0.274. The SMILES string of the molecule is CCC(F)(F)c1ccc(CNC(=O)[C@H]2CN(c3nc4ccncc4[nH]3)CCN2S(=O)(=O)c2ccc(OC(F)(F)F)cc2)cc1. The number of anilines is 1. The first-order chi connectivity index (χ1) is 20.8. The Hall–Kier alpha value is -4.31. The molecule has 0 aliphatic carbocycles. The number of nitrogens with one attached hydrogen (secondary N) is 2. The van der Waals surface area contributed by atoms with E-state index >= 15 is 0 Å². The summed E-state index contributed by atoms with van der Waals surface area (Å²) in [5.41, 5.74) is 1.60. The van der Waals surface area contributed by atoms with Crippen LogP contribution in [0, 0.1) is 0 Å². The van der Waals surface area contributed by atoms with Crippen molar-refractivity contribution in [3.63, 3.8) is 0 Å². The molecular weight excluding hydrogens is 611 g/mol. The van der Waals surface area contributed by atoms with Gasteiger partial charge in [0.25, 0.3) is 5.92 Å². The molecule has 4 aromatic rings. The number of hydrogen-bond donors (Lipinski definition) is 2. The van der Waals surface area contributed by atoms with Gasteiger partial charge >= 0.3 is 6.36 Å². The number of benzene rings is 2. The summed E-state index contributed by atoms with van der Waals surface area (Å²) in [4.78, 5) is 26.6. The molecule has 1 atom stereocenters. The van der Waals surface area contributed by atoms with Crippen LogP contribution in [-0.2, 0) is 27.3 Å². The van der Waals surface area contributed by atoms with Gasteiger partial charge in [-0.2, -0.15) is 4.31 Å². The lowest BCUT2D eigenvalue weighted by Crippen LogP contribution is -2.60. The molecule has 1 fully saturated rings. The van der Waals surface area contributed by atoms with E-state index in [1.165, 1.54) is 31.2 Å². The smallest absolute Gasteiger partial charge is 0.406 e. The van der Waals surface area contributed by atoms with E-state index in [0.29, 0.717) is 22.5 Å². The second kappa shape index (κ2) is 12.0. The zero-order valence-electron chi connectivity index (χ0n) is 23.2. The summed E-state index contributed by atoms with van der Waals surface area (Å²) >= 11 is 0. The van der Waals surface area contributed by atoms with Crippen molar-refractivity contribution >= 4 is 32.9 Å². The Morgan fingerprint density at radius 3 is 2.39 bits per heavy atom. The first-order valence-corrected chi connectivity index (χ1v) is 14.9. The second-order valence-corrected chi connectivity index (χ2v) is 11.9. The van der Waals surface area contributed by atoms with Crippen LogP contribution in [0.15, 0.2) is 71.9 Å². The highest BCUT2D eigenvalue weighted by atomic mass is 32.2. The number of imidazole rings is 1. The Labute approximate surface area is 248 Å². The predicted molar refractivity (Wildman–Crippen MR) is 149 cm³/mol. The number of halogens is 5. The molecule has 1 saturated heterocycles. The largest absolute Gasteiger partial charge is 0.573 e. The minimum Gasteiger partial charge on any atom is -0.406 e. The maximum atomic E-state index is 14.0. The van der Waals surface area contributed by atoms with Crippen molar-refractivity contribution in [2.45, 2.75) is 43.1 Å². The molecule has 10 nitrogen and oxygen atoms in total. The van der Waals surface area contributed by atoms with Crippen LogP contribution in [0.1, 0.15) is 24.5 Å². The minimum atomic E-state index is -4.95. The van der Waals surface area contributed by atoms with Gasteiger partial charge in [-0.1, -0.05) is 31.2 Å². The third-order valence-corrected chi connectivity index (χ3v) is 9.08. The summed E-state index contributed by atoms with van der Waals surface area (Å²) in [5, 5.41) is 2.68. The Kier molecular flexibility index (Phi) is 8.49. The molecule has 3 heterocycles. The molecule has 0 spiro atoms. The zero-order chi connectivity index (χ0) is 31.7. The molecule has 1 aliphatic heterocycles. The van der Waals surface area contributed by atoms with Gasteiger partial charge in [0.15, 0.2) is 0 Å². The maximum absolute atomic E-state index is 14.0. The van der Waals surface area contributed by atoms with Gasteiger partial charge in [0, 0.05) is 44.4 Å². The van der Waals surface area contributed by atoms with Crippen LogP contribution in [0.5, 0.6) is 5.75 Å². The molecule has 0 saturated carbocycles. The number of rotatable bonds is 9. The normalized spacial score (nSPS) is 16.7. The molecule has 16 heteroatoms. The first kappa shape index (κ1) is 31.1. The quantitative estimate of drug-likeness (QED) is 0.258. The summed E-state index contributed by atoms with van der Waals surface area (Å²) in [6.07, 6.45) is -2.19. The van der Waals surface area contributed by atoms with E-state index in [1.807, 2.05) is 0 Å². The fraction of sp³-hybridized carbons (Fsp3) is 0.321. The van der Waals surface area contributed by atoms with Crippen molar-refractivity contribution < 1.29 is 39.9 Å². The number of hydrogen-bond acceptors (Lipinski definition) is 7. The third-order valence-electron chi connectivity index (χ3n) is 7.16. The van der Waals surface area contributed by atoms with Gasteiger partial charge in [-0.15, -0.1) is 13.2 Å². The standard InChI is InChI=1S/C28H27F5N6O4S/c1-2-27(29,30)19-5-3-18(4-6-19)15-35-25(40)24-17-38(26-36-22-11-12-34-16-23(22)37-26)13-14-39(24)44(41,42)21-9-7-20(8-10-21)43-28(31,32)33/h3-12,16,24H,2,13-15,17H2,1H3,(H,35,40)(H,36,37)/t24-/m1/s1. The van der Waals surface area contributed by atoms with E-state index in [2.05, 4.69) is 25.0 Å². The number of sulfonamides is 1. The highest BCUT2D eigenvalue weighted by Crippen LogP contribution is 2.31. The maximum Gasteiger partial charge on any atom is 0.573 e. The first-order valence-electron chi connectivity index (χ1n) is 13.4. The van der Waals surface area contributed by atoms with Gasteiger partial charge in [0.05, 0.1) is 22.1 Å². The number of H-pyrrole nitrogens is 1. The minimum absolute atomic E-state index is 0.0685. The number of alkyl halides is 5. The van der Waals surface area contributed by atoms with Gasteiger partial charge in [-0.3, -0.25) is 9.78 Å². The van der Waals surface area contributed by atoms with Crippen LogP contribution in [-0.4, -0.2) is 65.6 Å². The van der Waals surface area contributed by atoms with E-state index in [1.54, 1.807) is 23.4 Å². The molecule has 1 amide bonds. The summed E-state index contributed by atoms with van der Waals surface area (Å²) in [5.74, 6) is -3.87. The molecule has 2 aromatic heterocycles. The van der Waals surface area contributed by atoms with E-state index in [-0.39, 0.29) is 43.1 Å². The van der Waals surface area contributed by atoms with Crippen molar-refractivity contribution in [3.8, 4) is 5.75 Å². The van der Waals surface area contributed by atoms with Gasteiger partial charge in [-0.25, -0.2) is 22.2 Å². The fourth-order valence-electron chi connectivity index (χ4n) is 4.78. The number of fused-ring (bicyclic) bond motifs is 1. The number of amides is 1. The van der Waals surface area contributed by atoms with Crippen molar-refractivity contribution in [1.29, 1.82) is 0 Å². The average molecular weight is 639 g/mol. The highest BCUT2D eigenvalue weighted by molar-refractivity contribution is 7.89. The molecule has 0 radical (unpaired) electrons. The Balaban J connectivity index is 1.39. The molecule has 0 unspecified atom stereocenters. The van der Waals surface area contributed by atoms with Crippen molar-refractivity contribution in [2.75, 3.05) is 24.5 Å². The number of aromatic nitrogens is 3. The number of aromatic amines is 1. The van der Waals surface area contributed by atoms with Crippen LogP contribution >= 0.6 is 0 Å². The highest BCUT2D eigenvalue weighted by Gasteiger charge is 2.41. The number of carbonyl (C=O) groups is 1. The van der Waals surface area contributed by atoms with E-state index in [0.717, 1.165) is 28.6 Å². The van der Waals surface area contributed by atoms with E-state index < -0.39 is 40.0 Å². The summed E-state index contributed by atoms with van der Waals surface area (Å²) in [6, 6.07) is 9.54. The van der Waals surface area contributed by atoms with Crippen LogP contribution in [0.4, 0.5) is 27.9 Å². The lowest BCUT2D eigenvalue weighted by Gasteiger charge is -2.39. The molecule has 0 bridgehead atoms. The predicted octanol–water partition coefficient (Wildman–Crippen LogP) is 4.55. The van der Waals surface area contributed by atoms with Gasteiger partial charge in [0.2, 0.25) is 21.9 Å². The van der Waals surface area contributed by atoms with Gasteiger partial charge < -0.3 is 19.9 Å². The second-order valence-electron chi connectivity index (χ2n) is 10.0. The number of ether oxygens (including phenoxy) is 1. The van der Waals surface area contributed by atoms with Crippen LogP contribution < -0.4 is 15.0 Å². The van der Waals surface area contributed by atoms with Gasteiger partial charge in [-0.05, 0) is 35.9 Å². The number of nitrogens with zero attached hydrogens (tertiary/aromatic N) is 4. The third kappa shape index (κ3) is 6.75. The molecule has 2 N–H and O–H groups in total. The average Bonchev–Trinajstić information content (AvgIpc) is 3.44. The summed E-state index contributed by atoms with van der Waals surface area (Å²) in [6.45, 7) is 1.17. The van der Waals surface area contributed by atoms with Crippen molar-refractivity contribution in [2.24, 2.45) is 0 Å². The Morgan fingerprint density at radius 1 is 1.05 bits per heavy atom. The van der Waals surface area contributed by atoms with Crippen molar-refractivity contribution in [1.82, 2.24) is 24.6 Å². The number of pyridine rings is 1. The van der Waals surface area contributed by atoms with E-state index in [9.17, 15) is 35.2 Å². The Bertz CT molecular complexity index is 1700. The zero-order valence-corrected chi connectivity index (χ0v) is 24.0. The number of carbonyl (C=O) groups excluding carboxylic acids is 1. The summed E-state index contributed by atoms with van der Waals surface area (Å²) < 4.78 is 98.0. The topological polar surface area (TPSA) is 121 Å². The van der Waals surface area contributed by atoms with Crippen LogP contribution in [0.3, 0.4) is 0 Å². The molecule has 1 aliphatic rings. The van der Waals surface area contributed by atoms with Gasteiger partial charge in [0.1, 0.15) is 11.8 Å². The monoisotopic (exact) mass is 638 g/mol. The van der Waals surface area contributed by atoms with Crippen LogP contribution in [0.2, 0.25) is 0 Å². The molecule has 44 heavy (non-hydrogen) atoms. The van der Waals surface area contributed by atoms with Crippen molar-refractivity contribution in [3.05, 3.63) is 78.1 Å². The Morgan fingerprint density at radius 2 is 1.75 bits per heavy atom. The molecular formula is C28H27F5N6O4S. The molecule has 5 rings (SSSR count). The fourth-order valence-corrected chi connectivity index (χ4v) is 6.35. The molecule has 234 valence electrons. The van der Waals surface area contributed by atoms with E-state index in [4.69, 9.17) is 0 Å².